The van der Waals surface area contributed by atoms with E-state index in [0.717, 1.165) is 11.1 Å². The van der Waals surface area contributed by atoms with Gasteiger partial charge in [-0.25, -0.2) is 9.97 Å². The Morgan fingerprint density at radius 1 is 1.12 bits per heavy atom. The van der Waals surface area contributed by atoms with Gasteiger partial charge in [-0.2, -0.15) is 23.1 Å². The van der Waals surface area contributed by atoms with Crippen molar-refractivity contribution in [1.29, 1.82) is 0 Å². The first-order valence-electron chi connectivity index (χ1n) is 9.71. The zero-order valence-corrected chi connectivity index (χ0v) is 18.1. The number of ketones is 1. The molecule has 8 nitrogen and oxygen atoms in total. The predicted octanol–water partition coefficient (Wildman–Crippen LogP) is 4.70. The minimum Gasteiger partial charge on any atom is -0.467 e. The normalized spacial score (nSPS) is 11.1. The molecule has 0 atom stereocenters. The lowest BCUT2D eigenvalue weighted by Crippen LogP contribution is -2.13. The third-order valence-corrected chi connectivity index (χ3v) is 4.56. The first kappa shape index (κ1) is 23.6. The molecule has 2 N–H and O–H groups in total. The van der Waals surface area contributed by atoms with Crippen molar-refractivity contribution in [2.75, 3.05) is 17.7 Å². The Balaban J connectivity index is 1.95. The number of hydrogen-bond donors (Lipinski definition) is 2. The largest absolute Gasteiger partial charge is 0.467 e. The second-order valence-corrected chi connectivity index (χ2v) is 7.10. The van der Waals surface area contributed by atoms with Crippen LogP contribution in [0.3, 0.4) is 0 Å². The molecule has 0 fully saturated rings. The average Bonchev–Trinajstić information content (AvgIpc) is 2.76. The Bertz CT molecular complexity index is 1200. The highest BCUT2D eigenvalue weighted by Gasteiger charge is 2.35. The molecule has 3 rings (SSSR count). The summed E-state index contributed by atoms with van der Waals surface area (Å²) < 4.78 is 45.0. The summed E-state index contributed by atoms with van der Waals surface area (Å²) in [4.78, 5) is 27.5. The molecule has 2 aromatic heterocycles. The van der Waals surface area contributed by atoms with Crippen LogP contribution in [0.5, 0.6) is 6.01 Å². The van der Waals surface area contributed by atoms with Crippen LogP contribution in [0.4, 0.5) is 36.4 Å². The number of alkyl halides is 3. The van der Waals surface area contributed by atoms with Crippen molar-refractivity contribution in [3.05, 3.63) is 65.5 Å². The number of rotatable bonds is 8. The Morgan fingerprint density at radius 3 is 2.55 bits per heavy atom. The first-order valence-corrected chi connectivity index (χ1v) is 9.71. The number of aryl methyl sites for hydroxylation is 2. The fourth-order valence-corrected chi connectivity index (χ4v) is 2.88. The van der Waals surface area contributed by atoms with E-state index in [-0.39, 0.29) is 24.2 Å². The van der Waals surface area contributed by atoms with Crippen LogP contribution in [0.15, 0.2) is 43.2 Å². The van der Waals surface area contributed by atoms with Gasteiger partial charge >= 0.3 is 12.2 Å². The van der Waals surface area contributed by atoms with Crippen LogP contribution < -0.4 is 15.4 Å². The van der Waals surface area contributed by atoms with Gasteiger partial charge in [-0.05, 0) is 31.6 Å². The molecule has 0 amide bonds. The molecule has 33 heavy (non-hydrogen) atoms. The van der Waals surface area contributed by atoms with Gasteiger partial charge in [-0.3, -0.25) is 4.79 Å². The topological polar surface area (TPSA) is 102 Å². The second kappa shape index (κ2) is 9.63. The monoisotopic (exact) mass is 458 g/mol. The maximum atomic E-state index is 13.4. The number of methoxy groups -OCH3 is 1. The molecule has 0 radical (unpaired) electrons. The van der Waals surface area contributed by atoms with Crippen molar-refractivity contribution in [1.82, 2.24) is 19.9 Å². The zero-order chi connectivity index (χ0) is 24.2. The molecular formula is C22H21F3N6O2. The molecular weight excluding hydrogens is 437 g/mol. The maximum absolute atomic E-state index is 13.4. The lowest BCUT2D eigenvalue weighted by molar-refractivity contribution is -0.137. The van der Waals surface area contributed by atoms with Gasteiger partial charge in [0.2, 0.25) is 5.95 Å². The van der Waals surface area contributed by atoms with Gasteiger partial charge in [0.15, 0.2) is 11.6 Å². The summed E-state index contributed by atoms with van der Waals surface area (Å²) in [7, 11) is 1.24. The SMILES string of the molecule is C=CC(=O)Cc1cc(C)ccc1Nc1nc(Nc2nc(OC)ncc2C(F)(F)F)ncc1C. The number of aromatic nitrogens is 4. The van der Waals surface area contributed by atoms with Crippen LogP contribution in [-0.4, -0.2) is 32.8 Å². The van der Waals surface area contributed by atoms with E-state index in [1.807, 2.05) is 19.1 Å². The molecule has 3 aromatic rings. The van der Waals surface area contributed by atoms with E-state index < -0.39 is 17.6 Å². The number of halogens is 3. The maximum Gasteiger partial charge on any atom is 0.421 e. The van der Waals surface area contributed by atoms with E-state index in [9.17, 15) is 18.0 Å². The second-order valence-electron chi connectivity index (χ2n) is 7.10. The van der Waals surface area contributed by atoms with Crippen LogP contribution in [0.2, 0.25) is 0 Å². The van der Waals surface area contributed by atoms with Crippen LogP contribution in [0, 0.1) is 13.8 Å². The molecule has 0 saturated carbocycles. The highest BCUT2D eigenvalue weighted by molar-refractivity contribution is 5.92. The van der Waals surface area contributed by atoms with Crippen LogP contribution in [0.1, 0.15) is 22.3 Å². The molecule has 0 aliphatic carbocycles. The van der Waals surface area contributed by atoms with Gasteiger partial charge < -0.3 is 15.4 Å². The number of allylic oxidation sites excluding steroid dienone is 1. The number of benzene rings is 1. The lowest BCUT2D eigenvalue weighted by Gasteiger charge is -2.16. The molecule has 11 heteroatoms. The van der Waals surface area contributed by atoms with E-state index >= 15 is 0 Å². The first-order chi connectivity index (χ1) is 15.6. The molecule has 0 aliphatic rings. The summed E-state index contributed by atoms with van der Waals surface area (Å²) in [5.74, 6) is -0.469. The molecule has 0 unspecified atom stereocenters. The standard InChI is InChI=1S/C22H21F3N6O2/c1-5-15(32)9-14-8-12(2)6-7-17(14)28-18-13(3)10-26-20(29-18)30-19-16(22(23,24)25)11-27-21(31-19)33-4/h5-8,10-11H,1,9H2,2-4H3,(H2,26,27,28,29,30,31). The summed E-state index contributed by atoms with van der Waals surface area (Å²) in [6, 6.07) is 5.28. The number of ether oxygens (including phenoxy) is 1. The molecule has 2 heterocycles. The fraction of sp³-hybridized carbons (Fsp3) is 0.227. The van der Waals surface area contributed by atoms with Gasteiger partial charge in [-0.15, -0.1) is 0 Å². The summed E-state index contributed by atoms with van der Waals surface area (Å²) in [5, 5.41) is 5.63. The van der Waals surface area contributed by atoms with E-state index in [0.29, 0.717) is 23.3 Å². The Labute approximate surface area is 188 Å². The number of nitrogens with zero attached hydrogens (tertiary/aromatic N) is 4. The molecule has 1 aromatic carbocycles. The van der Waals surface area contributed by atoms with Crippen LogP contribution in [0.25, 0.3) is 0 Å². The quantitative estimate of drug-likeness (QED) is 0.469. The van der Waals surface area contributed by atoms with Gasteiger partial charge in [0.05, 0.1) is 7.11 Å². The van der Waals surface area contributed by atoms with Crippen molar-refractivity contribution in [2.45, 2.75) is 26.4 Å². The van der Waals surface area contributed by atoms with Crippen LogP contribution in [-0.2, 0) is 17.4 Å². The smallest absolute Gasteiger partial charge is 0.421 e. The third kappa shape index (κ3) is 5.82. The van der Waals surface area contributed by atoms with Gasteiger partial charge in [-0.1, -0.05) is 24.3 Å². The van der Waals surface area contributed by atoms with Crippen molar-refractivity contribution >= 4 is 29.1 Å². The number of carbonyl (C=O) groups is 1. The summed E-state index contributed by atoms with van der Waals surface area (Å²) >= 11 is 0. The Morgan fingerprint density at radius 2 is 1.88 bits per heavy atom. The zero-order valence-electron chi connectivity index (χ0n) is 18.1. The molecule has 0 bridgehead atoms. The number of hydrogen-bond acceptors (Lipinski definition) is 8. The Hall–Kier alpha value is -4.02. The fourth-order valence-electron chi connectivity index (χ4n) is 2.88. The third-order valence-electron chi connectivity index (χ3n) is 4.56. The minimum atomic E-state index is -4.70. The van der Waals surface area contributed by atoms with Crippen molar-refractivity contribution in [3.8, 4) is 6.01 Å². The summed E-state index contributed by atoms with van der Waals surface area (Å²) in [5.41, 5.74) is 1.87. The van der Waals surface area contributed by atoms with Crippen molar-refractivity contribution in [2.24, 2.45) is 0 Å². The predicted molar refractivity (Wildman–Crippen MR) is 117 cm³/mol. The average molecular weight is 458 g/mol. The van der Waals surface area contributed by atoms with E-state index in [4.69, 9.17) is 4.74 Å². The van der Waals surface area contributed by atoms with Gasteiger partial charge in [0.1, 0.15) is 11.4 Å². The number of anilines is 4. The number of carbonyl (C=O) groups excluding carboxylic acids is 1. The van der Waals surface area contributed by atoms with Crippen molar-refractivity contribution < 1.29 is 22.7 Å². The minimum absolute atomic E-state index is 0.120. The Kier molecular flexibility index (Phi) is 6.90. The highest BCUT2D eigenvalue weighted by atomic mass is 19.4. The summed E-state index contributed by atoms with van der Waals surface area (Å²) in [6.07, 6.45) is -1.24. The highest BCUT2D eigenvalue weighted by Crippen LogP contribution is 2.35. The number of nitrogens with one attached hydrogen (secondary N) is 2. The van der Waals surface area contributed by atoms with Crippen molar-refractivity contribution in [3.63, 3.8) is 0 Å². The van der Waals surface area contributed by atoms with Crippen LogP contribution >= 0.6 is 0 Å². The van der Waals surface area contributed by atoms with E-state index in [1.54, 1.807) is 13.0 Å². The molecule has 0 saturated heterocycles. The van der Waals surface area contributed by atoms with E-state index in [2.05, 4.69) is 37.1 Å². The molecule has 0 spiro atoms. The summed E-state index contributed by atoms with van der Waals surface area (Å²) in [6.45, 7) is 7.14. The molecule has 0 aliphatic heterocycles. The lowest BCUT2D eigenvalue weighted by atomic mass is 10.0. The van der Waals surface area contributed by atoms with E-state index in [1.165, 1.54) is 19.4 Å². The van der Waals surface area contributed by atoms with Gasteiger partial charge in [0.25, 0.3) is 0 Å². The van der Waals surface area contributed by atoms with Gasteiger partial charge in [0, 0.05) is 30.1 Å². The molecule has 172 valence electrons.